The molecule has 2 aromatic carbocycles. The van der Waals surface area contributed by atoms with E-state index in [4.69, 9.17) is 11.6 Å². The second-order valence-electron chi connectivity index (χ2n) is 5.81. The van der Waals surface area contributed by atoms with Crippen molar-refractivity contribution in [1.82, 2.24) is 19.6 Å². The second kappa shape index (κ2) is 6.14. The number of carbonyl (C=O) groups excluding carboxylic acids is 1. The van der Waals surface area contributed by atoms with Gasteiger partial charge >= 0.3 is 0 Å². The van der Waals surface area contributed by atoms with E-state index in [0.29, 0.717) is 21.9 Å². The molecule has 2 heterocycles. The molecule has 0 bridgehead atoms. The summed E-state index contributed by atoms with van der Waals surface area (Å²) in [4.78, 5) is 17.0. The smallest absolute Gasteiger partial charge is 0.230 e. The van der Waals surface area contributed by atoms with Crippen LogP contribution in [0.2, 0.25) is 5.02 Å². The molecule has 2 aromatic heterocycles. The summed E-state index contributed by atoms with van der Waals surface area (Å²) < 4.78 is 1.81. The molecule has 0 spiro atoms. The van der Waals surface area contributed by atoms with Gasteiger partial charge in [-0.3, -0.25) is 9.20 Å². The van der Waals surface area contributed by atoms with Gasteiger partial charge in [-0.2, -0.15) is 0 Å². The van der Waals surface area contributed by atoms with Crippen LogP contribution >= 0.6 is 11.6 Å². The number of amides is 1. The lowest BCUT2D eigenvalue weighted by Crippen LogP contribution is -2.16. The van der Waals surface area contributed by atoms with Crippen molar-refractivity contribution in [2.24, 2.45) is 0 Å². The number of aryl methyl sites for hydroxylation is 1. The highest BCUT2D eigenvalue weighted by molar-refractivity contribution is 6.31. The van der Waals surface area contributed by atoms with Gasteiger partial charge in [-0.1, -0.05) is 29.3 Å². The van der Waals surface area contributed by atoms with Gasteiger partial charge in [-0.25, -0.2) is 4.98 Å². The molecule has 25 heavy (non-hydrogen) atoms. The van der Waals surface area contributed by atoms with E-state index in [9.17, 15) is 4.79 Å². The first-order valence-corrected chi connectivity index (χ1v) is 8.12. The number of halogens is 1. The van der Waals surface area contributed by atoms with E-state index in [1.165, 1.54) is 0 Å². The van der Waals surface area contributed by atoms with E-state index in [1.807, 2.05) is 41.7 Å². The third kappa shape index (κ3) is 3.04. The summed E-state index contributed by atoms with van der Waals surface area (Å²) in [6.45, 7) is 2.00. The van der Waals surface area contributed by atoms with Crippen molar-refractivity contribution < 1.29 is 4.79 Å². The highest BCUT2D eigenvalue weighted by Gasteiger charge is 2.14. The minimum atomic E-state index is -0.164. The molecule has 0 aliphatic heterocycles. The zero-order valence-corrected chi connectivity index (χ0v) is 14.2. The monoisotopic (exact) mass is 351 g/mol. The van der Waals surface area contributed by atoms with Gasteiger partial charge in [0.05, 0.1) is 23.1 Å². The number of nitrogens with one attached hydrogen (secondary N) is 1. The summed E-state index contributed by atoms with van der Waals surface area (Å²) in [5, 5.41) is 11.5. The third-order valence-electron chi connectivity index (χ3n) is 3.92. The Hall–Kier alpha value is -2.99. The molecule has 4 rings (SSSR count). The standard InChI is InChI=1S/C18H14ClN5O/c1-11-2-5-13(6-3-11)21-17(25)9-15-18-23-20-10-24(18)16-7-4-12(19)8-14(16)22-15/h2-8,10H,9H2,1H3,(H,21,25). The van der Waals surface area contributed by atoms with Crippen LogP contribution in [-0.4, -0.2) is 25.5 Å². The molecule has 0 fully saturated rings. The molecule has 4 aromatic rings. The van der Waals surface area contributed by atoms with Gasteiger partial charge in [0.25, 0.3) is 0 Å². The van der Waals surface area contributed by atoms with Crippen molar-refractivity contribution in [3.05, 3.63) is 65.1 Å². The fourth-order valence-corrected chi connectivity index (χ4v) is 2.87. The number of hydrogen-bond acceptors (Lipinski definition) is 4. The molecule has 1 amide bonds. The van der Waals surface area contributed by atoms with Crippen molar-refractivity contribution >= 4 is 39.9 Å². The van der Waals surface area contributed by atoms with Crippen molar-refractivity contribution in [3.63, 3.8) is 0 Å². The Morgan fingerprint density at radius 2 is 2.00 bits per heavy atom. The summed E-state index contributed by atoms with van der Waals surface area (Å²) in [5.74, 6) is -0.164. The van der Waals surface area contributed by atoms with E-state index in [0.717, 1.165) is 16.8 Å². The topological polar surface area (TPSA) is 72.2 Å². The first kappa shape index (κ1) is 15.5. The molecule has 6 nitrogen and oxygen atoms in total. The first-order valence-electron chi connectivity index (χ1n) is 7.74. The Balaban J connectivity index is 1.68. The van der Waals surface area contributed by atoms with Crippen LogP contribution in [0.5, 0.6) is 0 Å². The number of aromatic nitrogens is 4. The lowest BCUT2D eigenvalue weighted by atomic mass is 10.2. The average Bonchev–Trinajstić information content (AvgIpc) is 3.07. The van der Waals surface area contributed by atoms with Crippen LogP contribution in [0.15, 0.2) is 48.8 Å². The normalized spacial score (nSPS) is 11.1. The number of rotatable bonds is 3. The maximum atomic E-state index is 12.4. The van der Waals surface area contributed by atoms with E-state index in [1.54, 1.807) is 18.5 Å². The van der Waals surface area contributed by atoms with Crippen LogP contribution in [0.3, 0.4) is 0 Å². The summed E-state index contributed by atoms with van der Waals surface area (Å²) in [6.07, 6.45) is 1.70. The zero-order chi connectivity index (χ0) is 17.4. The van der Waals surface area contributed by atoms with Crippen LogP contribution in [0.25, 0.3) is 16.7 Å². The Morgan fingerprint density at radius 3 is 2.80 bits per heavy atom. The molecular formula is C18H14ClN5O. The lowest BCUT2D eigenvalue weighted by molar-refractivity contribution is -0.115. The predicted molar refractivity (Wildman–Crippen MR) is 96.8 cm³/mol. The number of carbonyl (C=O) groups is 1. The van der Waals surface area contributed by atoms with Crippen molar-refractivity contribution in [2.75, 3.05) is 5.32 Å². The molecular weight excluding hydrogens is 338 g/mol. The second-order valence-corrected chi connectivity index (χ2v) is 6.24. The fourth-order valence-electron chi connectivity index (χ4n) is 2.71. The molecule has 0 saturated heterocycles. The van der Waals surface area contributed by atoms with Crippen molar-refractivity contribution in [3.8, 4) is 0 Å². The molecule has 0 aliphatic rings. The Kier molecular flexibility index (Phi) is 3.82. The molecule has 124 valence electrons. The Bertz CT molecular complexity index is 1090. The van der Waals surface area contributed by atoms with Gasteiger partial charge < -0.3 is 5.32 Å². The SMILES string of the molecule is Cc1ccc(NC(=O)Cc2nc3cc(Cl)ccc3n3cnnc23)cc1. The molecule has 0 aliphatic carbocycles. The Morgan fingerprint density at radius 1 is 1.20 bits per heavy atom. The van der Waals surface area contributed by atoms with Gasteiger partial charge in [-0.05, 0) is 37.3 Å². The molecule has 0 radical (unpaired) electrons. The van der Waals surface area contributed by atoms with E-state index in [2.05, 4.69) is 20.5 Å². The zero-order valence-electron chi connectivity index (χ0n) is 13.4. The largest absolute Gasteiger partial charge is 0.326 e. The molecule has 0 atom stereocenters. The van der Waals surface area contributed by atoms with Crippen LogP contribution in [0.1, 0.15) is 11.3 Å². The maximum Gasteiger partial charge on any atom is 0.230 e. The summed E-state index contributed by atoms with van der Waals surface area (Å²) in [6, 6.07) is 13.0. The highest BCUT2D eigenvalue weighted by Crippen LogP contribution is 2.21. The van der Waals surface area contributed by atoms with Crippen molar-refractivity contribution in [2.45, 2.75) is 13.3 Å². The summed E-state index contributed by atoms with van der Waals surface area (Å²) in [5.41, 5.74) is 4.53. The summed E-state index contributed by atoms with van der Waals surface area (Å²) >= 11 is 6.06. The summed E-state index contributed by atoms with van der Waals surface area (Å²) in [7, 11) is 0. The lowest BCUT2D eigenvalue weighted by Gasteiger charge is -2.08. The number of benzene rings is 2. The molecule has 1 N–H and O–H groups in total. The first-order chi connectivity index (χ1) is 12.1. The van der Waals surface area contributed by atoms with Gasteiger partial charge in [-0.15, -0.1) is 10.2 Å². The predicted octanol–water partition coefficient (Wildman–Crippen LogP) is 3.42. The third-order valence-corrected chi connectivity index (χ3v) is 4.16. The molecule has 0 unspecified atom stereocenters. The van der Waals surface area contributed by atoms with Crippen LogP contribution in [0, 0.1) is 6.92 Å². The highest BCUT2D eigenvalue weighted by atomic mass is 35.5. The van der Waals surface area contributed by atoms with E-state index in [-0.39, 0.29) is 12.3 Å². The number of hydrogen-bond donors (Lipinski definition) is 1. The van der Waals surface area contributed by atoms with Gasteiger partial charge in [0.1, 0.15) is 6.33 Å². The van der Waals surface area contributed by atoms with Crippen LogP contribution in [0.4, 0.5) is 5.69 Å². The average molecular weight is 352 g/mol. The maximum absolute atomic E-state index is 12.4. The number of nitrogens with zero attached hydrogens (tertiary/aromatic N) is 4. The van der Waals surface area contributed by atoms with Crippen LogP contribution in [-0.2, 0) is 11.2 Å². The van der Waals surface area contributed by atoms with E-state index < -0.39 is 0 Å². The van der Waals surface area contributed by atoms with Crippen LogP contribution < -0.4 is 5.32 Å². The minimum absolute atomic E-state index is 0.0958. The van der Waals surface area contributed by atoms with Gasteiger partial charge in [0, 0.05) is 10.7 Å². The van der Waals surface area contributed by atoms with Gasteiger partial charge in [0.15, 0.2) is 5.65 Å². The fraction of sp³-hybridized carbons (Fsp3) is 0.111. The quantitative estimate of drug-likeness (QED) is 0.614. The number of anilines is 1. The van der Waals surface area contributed by atoms with E-state index >= 15 is 0 Å². The molecule has 0 saturated carbocycles. The minimum Gasteiger partial charge on any atom is -0.326 e. The Labute approximate surface area is 148 Å². The van der Waals surface area contributed by atoms with Gasteiger partial charge in [0.2, 0.25) is 5.91 Å². The molecule has 7 heteroatoms. The van der Waals surface area contributed by atoms with Crippen molar-refractivity contribution in [1.29, 1.82) is 0 Å². The number of fused-ring (bicyclic) bond motifs is 3.